The maximum Gasteiger partial charge on any atom is 0.221 e. The van der Waals surface area contributed by atoms with Gasteiger partial charge in [-0.2, -0.15) is 0 Å². The lowest BCUT2D eigenvalue weighted by molar-refractivity contribution is -0.121. The Morgan fingerprint density at radius 2 is 1.94 bits per heavy atom. The largest absolute Gasteiger partial charge is 0.392 e. The molecule has 0 spiro atoms. The maximum absolute atomic E-state index is 11.5. The Bertz CT molecular complexity index is 258. The van der Waals surface area contributed by atoms with Crippen molar-refractivity contribution in [2.45, 2.75) is 69.6 Å². The minimum atomic E-state index is -0.233. The van der Waals surface area contributed by atoms with Crippen LogP contribution in [0.15, 0.2) is 0 Å². The van der Waals surface area contributed by atoms with Gasteiger partial charge in [-0.15, -0.1) is 0 Å². The van der Waals surface area contributed by atoms with Crippen molar-refractivity contribution in [1.82, 2.24) is 10.6 Å². The van der Waals surface area contributed by atoms with E-state index < -0.39 is 0 Å². The Morgan fingerprint density at radius 1 is 1.12 bits per heavy atom. The minimum Gasteiger partial charge on any atom is -0.392 e. The van der Waals surface area contributed by atoms with Crippen LogP contribution in [0, 0.1) is 0 Å². The van der Waals surface area contributed by atoms with Gasteiger partial charge < -0.3 is 15.7 Å². The molecule has 17 heavy (non-hydrogen) atoms. The highest BCUT2D eigenvalue weighted by atomic mass is 16.3. The molecule has 1 heterocycles. The average Bonchev–Trinajstić information content (AvgIpc) is 2.61. The fourth-order valence-electron chi connectivity index (χ4n) is 2.90. The molecule has 1 saturated heterocycles. The van der Waals surface area contributed by atoms with Gasteiger partial charge in [-0.25, -0.2) is 0 Å². The summed E-state index contributed by atoms with van der Waals surface area (Å²) >= 11 is 0. The summed E-state index contributed by atoms with van der Waals surface area (Å²) in [7, 11) is 0. The molecule has 98 valence electrons. The van der Waals surface area contributed by atoms with E-state index in [1.807, 2.05) is 0 Å². The summed E-state index contributed by atoms with van der Waals surface area (Å²) in [4.78, 5) is 11.5. The number of aliphatic hydroxyl groups is 1. The van der Waals surface area contributed by atoms with E-state index in [9.17, 15) is 9.90 Å². The van der Waals surface area contributed by atoms with Gasteiger partial charge in [-0.3, -0.25) is 4.79 Å². The van der Waals surface area contributed by atoms with Crippen molar-refractivity contribution >= 4 is 5.91 Å². The quantitative estimate of drug-likeness (QED) is 0.629. The summed E-state index contributed by atoms with van der Waals surface area (Å²) in [6.45, 7) is 0.796. The number of hydrogen-bond donors (Lipinski definition) is 3. The van der Waals surface area contributed by atoms with E-state index >= 15 is 0 Å². The standard InChI is InChI=1S/C13H24N2O2/c16-12-7-3-1-2-6-11(12)15-10-5-4-8-14-13(17)9-10/h10-12,15-16H,1-9H2,(H,14,17). The second-order valence-corrected chi connectivity index (χ2v) is 5.37. The third-order valence-electron chi connectivity index (χ3n) is 3.91. The lowest BCUT2D eigenvalue weighted by Gasteiger charge is -2.26. The molecule has 1 aliphatic carbocycles. The van der Waals surface area contributed by atoms with Crippen LogP contribution in [-0.4, -0.2) is 35.7 Å². The lowest BCUT2D eigenvalue weighted by Crippen LogP contribution is -2.45. The van der Waals surface area contributed by atoms with E-state index in [4.69, 9.17) is 0 Å². The molecule has 1 saturated carbocycles. The van der Waals surface area contributed by atoms with E-state index in [1.54, 1.807) is 0 Å². The highest BCUT2D eigenvalue weighted by Crippen LogP contribution is 2.19. The Morgan fingerprint density at radius 3 is 2.82 bits per heavy atom. The van der Waals surface area contributed by atoms with Gasteiger partial charge in [-0.1, -0.05) is 19.3 Å². The first-order chi connectivity index (χ1) is 8.25. The molecule has 1 aliphatic heterocycles. The van der Waals surface area contributed by atoms with Crippen LogP contribution in [0.5, 0.6) is 0 Å². The molecule has 2 fully saturated rings. The Labute approximate surface area is 103 Å². The number of rotatable bonds is 2. The number of amides is 1. The summed E-state index contributed by atoms with van der Waals surface area (Å²) in [6, 6.07) is 0.434. The highest BCUT2D eigenvalue weighted by Gasteiger charge is 2.25. The van der Waals surface area contributed by atoms with E-state index in [1.165, 1.54) is 12.8 Å². The normalized spacial score (nSPS) is 35.8. The molecule has 4 nitrogen and oxygen atoms in total. The first-order valence-corrected chi connectivity index (χ1v) is 6.96. The van der Waals surface area contributed by atoms with Gasteiger partial charge in [0.15, 0.2) is 0 Å². The van der Waals surface area contributed by atoms with Crippen molar-refractivity contribution in [1.29, 1.82) is 0 Å². The Kier molecular flexibility index (Phi) is 4.80. The molecule has 1 amide bonds. The molecule has 0 radical (unpaired) electrons. The zero-order chi connectivity index (χ0) is 12.1. The maximum atomic E-state index is 11.5. The van der Waals surface area contributed by atoms with Crippen LogP contribution in [0.1, 0.15) is 51.4 Å². The predicted molar refractivity (Wildman–Crippen MR) is 66.7 cm³/mol. The van der Waals surface area contributed by atoms with Gasteiger partial charge in [0.2, 0.25) is 5.91 Å². The molecule has 0 aromatic rings. The van der Waals surface area contributed by atoms with Crippen LogP contribution in [0.25, 0.3) is 0 Å². The second kappa shape index (κ2) is 6.36. The van der Waals surface area contributed by atoms with Crippen LogP contribution in [0.4, 0.5) is 0 Å². The van der Waals surface area contributed by atoms with Crippen molar-refractivity contribution in [3.05, 3.63) is 0 Å². The summed E-state index contributed by atoms with van der Waals surface area (Å²) in [5.74, 6) is 0.142. The third-order valence-corrected chi connectivity index (χ3v) is 3.91. The van der Waals surface area contributed by atoms with Gasteiger partial charge in [-0.05, 0) is 25.7 Å². The predicted octanol–water partition coefficient (Wildman–Crippen LogP) is 0.938. The molecule has 2 aliphatic rings. The van der Waals surface area contributed by atoms with Gasteiger partial charge in [0.25, 0.3) is 0 Å². The first kappa shape index (κ1) is 12.8. The van der Waals surface area contributed by atoms with E-state index in [2.05, 4.69) is 10.6 Å². The molecule has 3 N–H and O–H groups in total. The molecule has 3 atom stereocenters. The van der Waals surface area contributed by atoms with Gasteiger partial charge in [0, 0.05) is 25.0 Å². The number of carbonyl (C=O) groups is 1. The number of aliphatic hydroxyl groups excluding tert-OH is 1. The Balaban J connectivity index is 1.86. The van der Waals surface area contributed by atoms with Crippen molar-refractivity contribution < 1.29 is 9.90 Å². The summed E-state index contributed by atoms with van der Waals surface area (Å²) < 4.78 is 0. The molecule has 0 bridgehead atoms. The number of hydrogen-bond acceptors (Lipinski definition) is 3. The molecule has 4 heteroatoms. The zero-order valence-electron chi connectivity index (χ0n) is 10.5. The number of nitrogens with one attached hydrogen (secondary N) is 2. The summed E-state index contributed by atoms with van der Waals surface area (Å²) in [6.07, 6.45) is 7.87. The molecule has 3 unspecified atom stereocenters. The van der Waals surface area contributed by atoms with Crippen LogP contribution >= 0.6 is 0 Å². The van der Waals surface area contributed by atoms with Crippen molar-refractivity contribution in [2.24, 2.45) is 0 Å². The van der Waals surface area contributed by atoms with Crippen LogP contribution in [0.3, 0.4) is 0 Å². The van der Waals surface area contributed by atoms with Gasteiger partial charge in [0.1, 0.15) is 0 Å². The third kappa shape index (κ3) is 3.96. The fraction of sp³-hybridized carbons (Fsp3) is 0.923. The SMILES string of the molecule is O=C1CC(NC2CCCCCC2O)CCCN1. The smallest absolute Gasteiger partial charge is 0.221 e. The Hall–Kier alpha value is -0.610. The molecule has 2 rings (SSSR count). The van der Waals surface area contributed by atoms with Crippen molar-refractivity contribution in [2.75, 3.05) is 6.54 Å². The van der Waals surface area contributed by atoms with Gasteiger partial charge in [0.05, 0.1) is 6.10 Å². The highest BCUT2D eigenvalue weighted by molar-refractivity contribution is 5.76. The van der Waals surface area contributed by atoms with Crippen LogP contribution < -0.4 is 10.6 Å². The average molecular weight is 240 g/mol. The van der Waals surface area contributed by atoms with Crippen molar-refractivity contribution in [3.8, 4) is 0 Å². The summed E-state index contributed by atoms with van der Waals surface area (Å²) in [5.41, 5.74) is 0. The van der Waals surface area contributed by atoms with Gasteiger partial charge >= 0.3 is 0 Å². The number of carbonyl (C=O) groups excluding carboxylic acids is 1. The van der Waals surface area contributed by atoms with Crippen LogP contribution in [0.2, 0.25) is 0 Å². The zero-order valence-corrected chi connectivity index (χ0v) is 10.5. The van der Waals surface area contributed by atoms with Crippen LogP contribution in [-0.2, 0) is 4.79 Å². The van der Waals surface area contributed by atoms with Crippen molar-refractivity contribution in [3.63, 3.8) is 0 Å². The molecular formula is C13H24N2O2. The molecule has 0 aromatic heterocycles. The second-order valence-electron chi connectivity index (χ2n) is 5.37. The molecular weight excluding hydrogens is 216 g/mol. The van der Waals surface area contributed by atoms with E-state index in [0.717, 1.165) is 38.6 Å². The topological polar surface area (TPSA) is 61.4 Å². The molecule has 0 aromatic carbocycles. The minimum absolute atomic E-state index is 0.142. The monoisotopic (exact) mass is 240 g/mol. The lowest BCUT2D eigenvalue weighted by atomic mass is 10.0. The summed E-state index contributed by atoms with van der Waals surface area (Å²) in [5, 5.41) is 16.5. The first-order valence-electron chi connectivity index (χ1n) is 6.96. The fourth-order valence-corrected chi connectivity index (χ4v) is 2.90. The van der Waals surface area contributed by atoms with E-state index in [-0.39, 0.29) is 24.1 Å². The van der Waals surface area contributed by atoms with E-state index in [0.29, 0.717) is 6.42 Å².